The molecule has 3 aromatic heterocycles. The van der Waals surface area contributed by atoms with Crippen LogP contribution in [0.15, 0.2) is 33.5 Å². The number of benzene rings is 1. The lowest BCUT2D eigenvalue weighted by molar-refractivity contribution is 0.0590. The van der Waals surface area contributed by atoms with Crippen molar-refractivity contribution in [2.45, 2.75) is 6.54 Å². The van der Waals surface area contributed by atoms with Crippen molar-refractivity contribution in [1.82, 2.24) is 29.2 Å². The normalized spacial score (nSPS) is 10.6. The van der Waals surface area contributed by atoms with Crippen molar-refractivity contribution in [1.29, 1.82) is 0 Å². The molecule has 33 heavy (non-hydrogen) atoms. The maximum Gasteiger partial charge on any atom is 0.419 e. The lowest BCUT2D eigenvalue weighted by Crippen LogP contribution is -2.16. The van der Waals surface area contributed by atoms with Crippen molar-refractivity contribution in [2.75, 3.05) is 7.11 Å². The zero-order chi connectivity index (χ0) is 24.3. The fourth-order valence-electron chi connectivity index (χ4n) is 2.75. The van der Waals surface area contributed by atoms with E-state index < -0.39 is 23.5 Å². The van der Waals surface area contributed by atoms with Crippen LogP contribution in [-0.4, -0.2) is 54.4 Å². The molecule has 0 saturated heterocycles. The predicted octanol–water partition coefficient (Wildman–Crippen LogP) is 0.0829. The van der Waals surface area contributed by atoms with Crippen LogP contribution in [0.2, 0.25) is 0 Å². The number of hydrogen-bond acceptors (Lipinski definition) is 10. The number of carbonyl (C=O) groups excluding carboxylic acids is 2. The van der Waals surface area contributed by atoms with Gasteiger partial charge in [0.2, 0.25) is 0 Å². The Hall–Kier alpha value is -4.30. The lowest BCUT2D eigenvalue weighted by Gasteiger charge is -2.03. The molecule has 0 aliphatic rings. The first-order valence-corrected chi connectivity index (χ1v) is 9.35. The molecule has 4 rings (SSSR count). The van der Waals surface area contributed by atoms with E-state index in [0.29, 0.717) is 12.1 Å². The lowest BCUT2D eigenvalue weighted by atomic mass is 10.2. The molecular weight excluding hydrogens is 462 g/mol. The third-order valence-electron chi connectivity index (χ3n) is 4.35. The molecule has 0 bridgehead atoms. The molecule has 0 spiro atoms. The third-order valence-corrected chi connectivity index (χ3v) is 4.48. The molecule has 0 saturated carbocycles. The van der Waals surface area contributed by atoms with Gasteiger partial charge in [0.25, 0.3) is 5.91 Å². The summed E-state index contributed by atoms with van der Waals surface area (Å²) in [5, 5.41) is 15.9. The van der Waals surface area contributed by atoms with Crippen molar-refractivity contribution >= 4 is 46.4 Å². The number of nitrogens with one attached hydrogen (secondary N) is 1. The summed E-state index contributed by atoms with van der Waals surface area (Å²) in [6.45, 7) is 0.552. The maximum atomic E-state index is 11.5. The molecule has 14 nitrogen and oxygen atoms in total. The van der Waals surface area contributed by atoms with Gasteiger partial charge in [0.1, 0.15) is 0 Å². The summed E-state index contributed by atoms with van der Waals surface area (Å²) in [6.07, 6.45) is 0. The Morgan fingerprint density at radius 3 is 2.64 bits per heavy atom. The molecule has 0 unspecified atom stereocenters. The minimum Gasteiger partial charge on any atom is -0.477 e. The number of methoxy groups -OCH3 is 1. The number of aryl methyl sites for hydroxylation is 1. The number of rotatable bonds is 5. The number of aromatic nitrogens is 5. The molecule has 0 radical (unpaired) electrons. The molecule has 172 valence electrons. The fraction of sp³-hybridized carbons (Fsp3) is 0.167. The second-order valence-corrected chi connectivity index (χ2v) is 6.67. The number of oxazole rings is 1. The quantitative estimate of drug-likeness (QED) is 0.260. The Morgan fingerprint density at radius 2 is 2.03 bits per heavy atom. The van der Waals surface area contributed by atoms with Crippen molar-refractivity contribution in [3.63, 3.8) is 0 Å². The molecule has 0 aliphatic heterocycles. The summed E-state index contributed by atoms with van der Waals surface area (Å²) in [5.41, 5.74) is 6.16. The number of carbonyl (C=O) groups is 3. The summed E-state index contributed by atoms with van der Waals surface area (Å²) >= 11 is 5.39. The number of primary amides is 1. The van der Waals surface area contributed by atoms with E-state index in [2.05, 4.69) is 24.9 Å². The highest BCUT2D eigenvalue weighted by atomic mass is 35.5. The molecular formula is C18H16ClN7O7. The topological polar surface area (TPSA) is 197 Å². The highest BCUT2D eigenvalue weighted by Crippen LogP contribution is 2.14. The van der Waals surface area contributed by atoms with Gasteiger partial charge < -0.3 is 20.0 Å². The minimum atomic E-state index is -1.38. The number of fused-ring (bicyclic) bond motifs is 2. The van der Waals surface area contributed by atoms with Crippen LogP contribution in [0.1, 0.15) is 37.0 Å². The number of ether oxygens (including phenoxy) is 1. The first kappa shape index (κ1) is 23.4. The van der Waals surface area contributed by atoms with Crippen LogP contribution in [0.4, 0.5) is 0 Å². The van der Waals surface area contributed by atoms with Crippen molar-refractivity contribution in [3.8, 4) is 0 Å². The molecule has 3 heterocycles. The van der Waals surface area contributed by atoms with Gasteiger partial charge in [0.15, 0.2) is 28.3 Å². The molecule has 1 amide bonds. The van der Waals surface area contributed by atoms with Gasteiger partial charge in [-0.15, -0.1) is 5.10 Å². The highest BCUT2D eigenvalue weighted by molar-refractivity contribution is 6.13. The Labute approximate surface area is 188 Å². The van der Waals surface area contributed by atoms with E-state index in [4.69, 9.17) is 27.0 Å². The number of carboxylic acid groups (broad SMARTS) is 1. The van der Waals surface area contributed by atoms with Gasteiger partial charge in [-0.05, 0) is 29.5 Å². The minimum absolute atomic E-state index is 0.229. The Morgan fingerprint density at radius 1 is 1.30 bits per heavy atom. The van der Waals surface area contributed by atoms with Crippen LogP contribution in [0.5, 0.6) is 0 Å². The largest absolute Gasteiger partial charge is 0.477 e. The number of hydrogen-bond donors (Lipinski definition) is 3. The average molecular weight is 478 g/mol. The average Bonchev–Trinajstić information content (AvgIpc) is 3.34. The monoisotopic (exact) mass is 477 g/mol. The van der Waals surface area contributed by atoms with Crippen molar-refractivity contribution in [3.05, 3.63) is 57.5 Å². The van der Waals surface area contributed by atoms with Gasteiger partial charge in [-0.3, -0.25) is 9.36 Å². The highest BCUT2D eigenvalue weighted by Gasteiger charge is 2.22. The van der Waals surface area contributed by atoms with E-state index in [1.165, 1.54) is 4.57 Å². The number of carboxylic acids is 1. The number of nitrogens with two attached hydrogens (primary N) is 1. The zero-order valence-corrected chi connectivity index (χ0v) is 17.9. The first-order valence-electron chi connectivity index (χ1n) is 8.97. The van der Waals surface area contributed by atoms with Crippen molar-refractivity contribution < 1.29 is 28.6 Å². The van der Waals surface area contributed by atoms with Gasteiger partial charge in [-0.25, -0.2) is 24.2 Å². The van der Waals surface area contributed by atoms with E-state index in [1.54, 1.807) is 13.1 Å². The van der Waals surface area contributed by atoms with Crippen LogP contribution in [0.3, 0.4) is 0 Å². The second kappa shape index (κ2) is 9.46. The Kier molecular flexibility index (Phi) is 6.69. The van der Waals surface area contributed by atoms with Crippen LogP contribution in [-0.2, 0) is 18.3 Å². The van der Waals surface area contributed by atoms with Gasteiger partial charge in [-0.1, -0.05) is 11.3 Å². The SMILES string of the molecule is COC(=O)c1cc(C(=O)O)nc2c(C(N)=O)nnn12.Cn1c(=O)oc2ccc(CNCl)cc21. The summed E-state index contributed by atoms with van der Waals surface area (Å²) in [6, 6.07) is 6.46. The van der Waals surface area contributed by atoms with E-state index in [1.807, 2.05) is 12.1 Å². The summed E-state index contributed by atoms with van der Waals surface area (Å²) in [5.74, 6) is -3.53. The molecule has 4 N–H and O–H groups in total. The van der Waals surface area contributed by atoms with Gasteiger partial charge in [0, 0.05) is 19.7 Å². The van der Waals surface area contributed by atoms with Crippen molar-refractivity contribution in [2.24, 2.45) is 12.8 Å². The zero-order valence-electron chi connectivity index (χ0n) is 17.1. The Bertz CT molecular complexity index is 1440. The van der Waals surface area contributed by atoms with Crippen LogP contribution < -0.4 is 16.3 Å². The molecule has 0 fully saturated rings. The van der Waals surface area contributed by atoms with Gasteiger partial charge in [0.05, 0.1) is 12.6 Å². The summed E-state index contributed by atoms with van der Waals surface area (Å²) in [4.78, 5) is 50.9. The van der Waals surface area contributed by atoms with Crippen LogP contribution >= 0.6 is 11.8 Å². The summed E-state index contributed by atoms with van der Waals surface area (Å²) < 4.78 is 11.8. The van der Waals surface area contributed by atoms with E-state index in [9.17, 15) is 19.2 Å². The van der Waals surface area contributed by atoms with Crippen LogP contribution in [0, 0.1) is 0 Å². The fourth-order valence-corrected chi connectivity index (χ4v) is 2.91. The number of aromatic carboxylic acids is 1. The second-order valence-electron chi connectivity index (χ2n) is 6.40. The molecule has 1 aromatic carbocycles. The van der Waals surface area contributed by atoms with E-state index in [-0.39, 0.29) is 22.8 Å². The van der Waals surface area contributed by atoms with E-state index in [0.717, 1.165) is 28.8 Å². The third kappa shape index (κ3) is 4.65. The van der Waals surface area contributed by atoms with Gasteiger partial charge >= 0.3 is 17.7 Å². The standard InChI is InChI=1S/C9H9ClN2O2.C9H7N5O5/c1-12-7-4-6(5-11-10)2-3-8(7)14-9(12)13;1-19-9(18)4-2-3(8(16)17)11-7-5(6(10)15)12-13-14(4)7/h2-4,11H,5H2,1H3;2H,1H3,(H2,10,15)(H,16,17). The number of esters is 1. The van der Waals surface area contributed by atoms with Crippen LogP contribution in [0.25, 0.3) is 16.7 Å². The number of amides is 1. The molecule has 4 aromatic rings. The first-order chi connectivity index (χ1) is 15.7. The smallest absolute Gasteiger partial charge is 0.419 e. The summed E-state index contributed by atoms with van der Waals surface area (Å²) in [7, 11) is 2.78. The number of halogens is 1. The Balaban J connectivity index is 0.000000194. The molecule has 0 aliphatic carbocycles. The maximum absolute atomic E-state index is 11.5. The van der Waals surface area contributed by atoms with E-state index >= 15 is 0 Å². The molecule has 15 heteroatoms. The van der Waals surface area contributed by atoms with Gasteiger partial charge in [-0.2, -0.15) is 4.52 Å². The number of nitrogens with zero attached hydrogens (tertiary/aromatic N) is 5. The molecule has 0 atom stereocenters. The predicted molar refractivity (Wildman–Crippen MR) is 112 cm³/mol.